The van der Waals surface area contributed by atoms with Crippen LogP contribution in [0, 0.1) is 5.41 Å². The summed E-state index contributed by atoms with van der Waals surface area (Å²) in [4.78, 5) is 33.4. The fourth-order valence-corrected chi connectivity index (χ4v) is 0.924. The molecule has 4 nitrogen and oxygen atoms in total. The molecule has 6 heteroatoms. The van der Waals surface area contributed by atoms with Gasteiger partial charge in [0, 0.05) is 12.3 Å². The molecule has 0 aromatic heterocycles. The van der Waals surface area contributed by atoms with Crippen LogP contribution in [0.3, 0.4) is 0 Å². The van der Waals surface area contributed by atoms with E-state index in [1.54, 1.807) is 20.8 Å². The van der Waals surface area contributed by atoms with Gasteiger partial charge in [0.2, 0.25) is 17.5 Å². The molecule has 0 radical (unpaired) electrons. The SMILES string of the molecule is CC(=O)C(F)(F)C(=O)C(C)NC(=O)C(C)(C)C. The molecule has 0 heterocycles. The van der Waals surface area contributed by atoms with Crippen molar-refractivity contribution >= 4 is 17.5 Å². The minimum Gasteiger partial charge on any atom is -0.346 e. The van der Waals surface area contributed by atoms with E-state index in [0.29, 0.717) is 6.92 Å². The lowest BCUT2D eigenvalue weighted by Gasteiger charge is -2.23. The smallest absolute Gasteiger partial charge is 0.346 e. The van der Waals surface area contributed by atoms with E-state index in [4.69, 9.17) is 0 Å². The monoisotopic (exact) mass is 249 g/mol. The highest BCUT2D eigenvalue weighted by atomic mass is 19.3. The first-order chi connectivity index (χ1) is 7.40. The number of ketones is 2. The van der Waals surface area contributed by atoms with Crippen molar-refractivity contribution in [3.8, 4) is 0 Å². The van der Waals surface area contributed by atoms with Crippen molar-refractivity contribution < 1.29 is 23.2 Å². The summed E-state index contributed by atoms with van der Waals surface area (Å²) in [5, 5.41) is 2.16. The second-order valence-corrected chi connectivity index (χ2v) is 4.94. The summed E-state index contributed by atoms with van der Waals surface area (Å²) in [5.74, 6) is -7.70. The van der Waals surface area contributed by atoms with Crippen LogP contribution in [0.15, 0.2) is 0 Å². The highest BCUT2D eigenvalue weighted by Crippen LogP contribution is 2.19. The van der Waals surface area contributed by atoms with Crippen LogP contribution < -0.4 is 5.32 Å². The van der Waals surface area contributed by atoms with Crippen LogP contribution in [0.4, 0.5) is 8.78 Å². The van der Waals surface area contributed by atoms with Gasteiger partial charge in [0.1, 0.15) is 0 Å². The maximum Gasteiger partial charge on any atom is 0.364 e. The molecule has 0 saturated heterocycles. The Morgan fingerprint density at radius 1 is 1.12 bits per heavy atom. The summed E-state index contributed by atoms with van der Waals surface area (Å²) >= 11 is 0. The zero-order valence-electron chi connectivity index (χ0n) is 10.6. The average molecular weight is 249 g/mol. The standard InChI is InChI=1S/C11H17F2NO3/c1-6(14-9(17)10(3,4)5)8(16)11(12,13)7(2)15/h6H,1-5H3,(H,14,17). The molecule has 0 rings (SSSR count). The van der Waals surface area contributed by atoms with Crippen LogP contribution in [0.25, 0.3) is 0 Å². The fourth-order valence-electron chi connectivity index (χ4n) is 0.924. The van der Waals surface area contributed by atoms with Gasteiger partial charge in [-0.05, 0) is 6.92 Å². The van der Waals surface area contributed by atoms with Crippen molar-refractivity contribution in [3.63, 3.8) is 0 Å². The molecule has 0 spiro atoms. The molecule has 0 bridgehead atoms. The highest BCUT2D eigenvalue weighted by Gasteiger charge is 2.46. The van der Waals surface area contributed by atoms with Crippen molar-refractivity contribution in [2.45, 2.75) is 46.6 Å². The van der Waals surface area contributed by atoms with Crippen LogP contribution in [-0.2, 0) is 14.4 Å². The highest BCUT2D eigenvalue weighted by molar-refractivity contribution is 6.10. The first-order valence-electron chi connectivity index (χ1n) is 5.15. The second kappa shape index (κ2) is 4.89. The maximum atomic E-state index is 13.1. The first kappa shape index (κ1) is 15.7. The third-order valence-electron chi connectivity index (χ3n) is 2.17. The summed E-state index contributed by atoms with van der Waals surface area (Å²) in [6.45, 7) is 6.52. The van der Waals surface area contributed by atoms with E-state index in [-0.39, 0.29) is 0 Å². The molecule has 1 atom stereocenters. The van der Waals surface area contributed by atoms with E-state index in [1.165, 1.54) is 0 Å². The van der Waals surface area contributed by atoms with E-state index >= 15 is 0 Å². The van der Waals surface area contributed by atoms with E-state index < -0.39 is 34.9 Å². The van der Waals surface area contributed by atoms with Crippen molar-refractivity contribution in [3.05, 3.63) is 0 Å². The quantitative estimate of drug-likeness (QED) is 0.764. The van der Waals surface area contributed by atoms with Gasteiger partial charge in [-0.15, -0.1) is 0 Å². The van der Waals surface area contributed by atoms with Crippen molar-refractivity contribution in [2.24, 2.45) is 5.41 Å². The normalized spacial score (nSPS) is 14.1. The molecule has 1 unspecified atom stereocenters. The first-order valence-corrected chi connectivity index (χ1v) is 5.15. The number of carbonyl (C=O) groups is 3. The molecule has 98 valence electrons. The van der Waals surface area contributed by atoms with E-state index in [1.807, 2.05) is 0 Å². The number of hydrogen-bond acceptors (Lipinski definition) is 3. The minimum absolute atomic E-state index is 0.530. The zero-order chi connectivity index (χ0) is 14.0. The molecule has 17 heavy (non-hydrogen) atoms. The van der Waals surface area contributed by atoms with Crippen LogP contribution in [0.2, 0.25) is 0 Å². The predicted octanol–water partition coefficient (Wildman–Crippen LogP) is 1.33. The molecular weight excluding hydrogens is 232 g/mol. The molecule has 0 aliphatic heterocycles. The summed E-state index contributed by atoms with van der Waals surface area (Å²) < 4.78 is 26.2. The van der Waals surface area contributed by atoms with Gasteiger partial charge in [-0.2, -0.15) is 8.78 Å². The molecule has 1 amide bonds. The summed E-state index contributed by atoms with van der Waals surface area (Å²) in [5.41, 5.74) is -0.792. The number of Topliss-reactive ketones (excluding diaryl/α,β-unsaturated/α-hetero) is 2. The third kappa shape index (κ3) is 3.87. The third-order valence-corrected chi connectivity index (χ3v) is 2.17. The number of carbonyl (C=O) groups excluding carboxylic acids is 3. The molecule has 0 aliphatic rings. The Morgan fingerprint density at radius 3 is 1.82 bits per heavy atom. The Balaban J connectivity index is 4.76. The van der Waals surface area contributed by atoms with E-state index in [9.17, 15) is 23.2 Å². The molecule has 0 aromatic carbocycles. The number of hydrogen-bond donors (Lipinski definition) is 1. The number of halogens is 2. The molecule has 0 aliphatic carbocycles. The Hall–Kier alpha value is -1.33. The van der Waals surface area contributed by atoms with Crippen molar-refractivity contribution in [1.29, 1.82) is 0 Å². The number of nitrogens with one attached hydrogen (secondary N) is 1. The Labute approximate surface area is 98.8 Å². The van der Waals surface area contributed by atoms with Gasteiger partial charge in [0.15, 0.2) is 0 Å². The van der Waals surface area contributed by atoms with Gasteiger partial charge in [-0.1, -0.05) is 20.8 Å². The Bertz CT molecular complexity index is 345. The molecule has 0 aromatic rings. The van der Waals surface area contributed by atoms with Crippen LogP contribution in [0.1, 0.15) is 34.6 Å². The van der Waals surface area contributed by atoms with Gasteiger partial charge >= 0.3 is 5.92 Å². The lowest BCUT2D eigenvalue weighted by molar-refractivity contribution is -0.157. The Morgan fingerprint density at radius 2 is 1.53 bits per heavy atom. The van der Waals surface area contributed by atoms with Gasteiger partial charge in [0.05, 0.1) is 6.04 Å². The second-order valence-electron chi connectivity index (χ2n) is 4.94. The number of alkyl halides is 2. The predicted molar refractivity (Wildman–Crippen MR) is 57.7 cm³/mol. The minimum atomic E-state index is -4.05. The van der Waals surface area contributed by atoms with Crippen LogP contribution >= 0.6 is 0 Å². The average Bonchev–Trinajstić information content (AvgIpc) is 2.14. The summed E-state index contributed by atoms with van der Waals surface area (Å²) in [6, 6.07) is -1.40. The lowest BCUT2D eigenvalue weighted by atomic mass is 9.94. The summed E-state index contributed by atoms with van der Waals surface area (Å²) in [7, 11) is 0. The van der Waals surface area contributed by atoms with Gasteiger partial charge < -0.3 is 5.32 Å². The number of amides is 1. The molecule has 0 fully saturated rings. The van der Waals surface area contributed by atoms with Gasteiger partial charge in [-0.25, -0.2) is 0 Å². The van der Waals surface area contributed by atoms with Crippen LogP contribution in [-0.4, -0.2) is 29.4 Å². The lowest BCUT2D eigenvalue weighted by Crippen LogP contribution is -2.51. The molecule has 1 N–H and O–H groups in total. The summed E-state index contributed by atoms with van der Waals surface area (Å²) in [6.07, 6.45) is 0. The van der Waals surface area contributed by atoms with Gasteiger partial charge in [0.25, 0.3) is 0 Å². The van der Waals surface area contributed by atoms with Crippen molar-refractivity contribution in [1.82, 2.24) is 5.32 Å². The molecular formula is C11H17F2NO3. The fraction of sp³-hybridized carbons (Fsp3) is 0.727. The largest absolute Gasteiger partial charge is 0.364 e. The topological polar surface area (TPSA) is 63.2 Å². The maximum absolute atomic E-state index is 13.1. The Kier molecular flexibility index (Phi) is 4.51. The zero-order valence-corrected chi connectivity index (χ0v) is 10.6. The van der Waals surface area contributed by atoms with Gasteiger partial charge in [-0.3, -0.25) is 14.4 Å². The van der Waals surface area contributed by atoms with Crippen LogP contribution in [0.5, 0.6) is 0 Å². The molecule has 0 saturated carbocycles. The van der Waals surface area contributed by atoms with E-state index in [2.05, 4.69) is 5.32 Å². The van der Waals surface area contributed by atoms with Crippen molar-refractivity contribution in [2.75, 3.05) is 0 Å². The van der Waals surface area contributed by atoms with E-state index in [0.717, 1.165) is 6.92 Å². The number of rotatable bonds is 4.